The highest BCUT2D eigenvalue weighted by Crippen LogP contribution is 2.27. The summed E-state index contributed by atoms with van der Waals surface area (Å²) in [7, 11) is 0. The zero-order valence-electron chi connectivity index (χ0n) is 14.4. The lowest BCUT2D eigenvalue weighted by Crippen LogP contribution is -2.45. The Balaban J connectivity index is 1.93. The minimum Gasteiger partial charge on any atom is -0.361 e. The highest BCUT2D eigenvalue weighted by molar-refractivity contribution is 5.84. The van der Waals surface area contributed by atoms with Gasteiger partial charge in [-0.15, -0.1) is 0 Å². The second kappa shape index (κ2) is 6.15. The first kappa shape index (κ1) is 16.6. The quantitative estimate of drug-likeness (QED) is 0.843. The van der Waals surface area contributed by atoms with E-state index in [-0.39, 0.29) is 16.9 Å². The van der Waals surface area contributed by atoms with Gasteiger partial charge in [-0.3, -0.25) is 4.79 Å². The summed E-state index contributed by atoms with van der Waals surface area (Å²) in [5.41, 5.74) is 2.37. The van der Waals surface area contributed by atoms with Crippen LogP contribution >= 0.6 is 0 Å². The molecule has 0 aliphatic rings. The van der Waals surface area contributed by atoms with Gasteiger partial charge in [0.2, 0.25) is 5.91 Å². The van der Waals surface area contributed by atoms with Gasteiger partial charge in [-0.1, -0.05) is 39.0 Å². The maximum Gasteiger partial charge on any atom is 0.220 e. The van der Waals surface area contributed by atoms with Crippen molar-refractivity contribution < 1.29 is 4.79 Å². The van der Waals surface area contributed by atoms with E-state index in [9.17, 15) is 4.79 Å². The molecule has 0 saturated heterocycles. The fourth-order valence-electron chi connectivity index (χ4n) is 3.40. The van der Waals surface area contributed by atoms with E-state index in [1.54, 1.807) is 0 Å². The van der Waals surface area contributed by atoms with Crippen LogP contribution in [0.4, 0.5) is 0 Å². The summed E-state index contributed by atoms with van der Waals surface area (Å²) >= 11 is 0. The van der Waals surface area contributed by atoms with E-state index in [0.29, 0.717) is 6.42 Å². The molecule has 22 heavy (non-hydrogen) atoms. The molecule has 3 heteroatoms. The molecule has 0 spiro atoms. The molecule has 0 fully saturated rings. The van der Waals surface area contributed by atoms with E-state index in [0.717, 1.165) is 18.4 Å². The van der Waals surface area contributed by atoms with Crippen LogP contribution in [-0.2, 0) is 11.2 Å². The third kappa shape index (κ3) is 4.62. The zero-order chi connectivity index (χ0) is 16.4. The summed E-state index contributed by atoms with van der Waals surface area (Å²) in [4.78, 5) is 15.5. The van der Waals surface area contributed by atoms with Crippen LogP contribution in [0.2, 0.25) is 0 Å². The lowest BCUT2D eigenvalue weighted by Gasteiger charge is -2.33. The normalized spacial score (nSPS) is 12.6. The highest BCUT2D eigenvalue weighted by Gasteiger charge is 2.26. The van der Waals surface area contributed by atoms with Gasteiger partial charge < -0.3 is 10.3 Å². The molecule has 1 amide bonds. The Morgan fingerprint density at radius 1 is 1.14 bits per heavy atom. The Bertz CT molecular complexity index is 647. The minimum absolute atomic E-state index is 0.125. The van der Waals surface area contributed by atoms with Gasteiger partial charge in [0.1, 0.15) is 0 Å². The molecule has 0 aliphatic carbocycles. The number of aromatic amines is 1. The molecule has 1 aromatic heterocycles. The van der Waals surface area contributed by atoms with Crippen LogP contribution in [0.3, 0.4) is 0 Å². The molecule has 0 radical (unpaired) electrons. The van der Waals surface area contributed by atoms with E-state index < -0.39 is 0 Å². The van der Waals surface area contributed by atoms with Crippen molar-refractivity contribution in [1.29, 1.82) is 0 Å². The first-order valence-corrected chi connectivity index (χ1v) is 8.02. The smallest absolute Gasteiger partial charge is 0.220 e. The number of carbonyl (C=O) groups excluding carboxylic acids is 1. The Morgan fingerprint density at radius 3 is 2.50 bits per heavy atom. The van der Waals surface area contributed by atoms with Crippen LogP contribution in [-0.4, -0.2) is 16.4 Å². The number of H-pyrrole nitrogens is 1. The number of amides is 1. The van der Waals surface area contributed by atoms with Gasteiger partial charge >= 0.3 is 0 Å². The summed E-state index contributed by atoms with van der Waals surface area (Å²) in [6, 6.07) is 8.21. The summed E-state index contributed by atoms with van der Waals surface area (Å²) < 4.78 is 0. The van der Waals surface area contributed by atoms with Crippen molar-refractivity contribution in [2.75, 3.05) is 0 Å². The topological polar surface area (TPSA) is 44.9 Å². The third-order valence-electron chi connectivity index (χ3n) is 3.75. The van der Waals surface area contributed by atoms with Crippen LogP contribution in [0.25, 0.3) is 10.9 Å². The molecule has 0 aliphatic heterocycles. The van der Waals surface area contributed by atoms with Crippen LogP contribution in [0.1, 0.15) is 53.0 Å². The van der Waals surface area contributed by atoms with Crippen molar-refractivity contribution >= 4 is 16.8 Å². The molecule has 0 saturated carbocycles. The standard InChI is InChI=1S/C19H28N2O/c1-18(2,3)13-19(4,5)21-17(22)11-10-14-12-20-16-9-7-6-8-15(14)16/h6-9,12,20H,10-11,13H2,1-5H3,(H,21,22). The molecule has 3 nitrogen and oxygen atoms in total. The van der Waals surface area contributed by atoms with Crippen molar-refractivity contribution in [3.8, 4) is 0 Å². The molecule has 1 aromatic carbocycles. The summed E-state index contributed by atoms with van der Waals surface area (Å²) in [6.07, 6.45) is 4.26. The van der Waals surface area contributed by atoms with Crippen LogP contribution in [0.5, 0.6) is 0 Å². The van der Waals surface area contributed by atoms with Crippen molar-refractivity contribution in [2.45, 2.75) is 59.4 Å². The van der Waals surface area contributed by atoms with E-state index in [4.69, 9.17) is 0 Å². The number of aryl methyl sites for hydroxylation is 1. The van der Waals surface area contributed by atoms with Crippen LogP contribution < -0.4 is 5.32 Å². The fourth-order valence-corrected chi connectivity index (χ4v) is 3.40. The fraction of sp³-hybridized carbons (Fsp3) is 0.526. The number of rotatable bonds is 5. The number of benzene rings is 1. The van der Waals surface area contributed by atoms with Crippen LogP contribution in [0, 0.1) is 5.41 Å². The van der Waals surface area contributed by atoms with Crippen molar-refractivity contribution in [2.24, 2.45) is 5.41 Å². The molecule has 0 atom stereocenters. The van der Waals surface area contributed by atoms with Crippen LogP contribution in [0.15, 0.2) is 30.5 Å². The Labute approximate surface area is 133 Å². The maximum absolute atomic E-state index is 12.3. The second-order valence-electron chi connectivity index (χ2n) is 8.03. The van der Waals surface area contributed by atoms with Crippen molar-refractivity contribution in [3.63, 3.8) is 0 Å². The number of aromatic nitrogens is 1. The summed E-state index contributed by atoms with van der Waals surface area (Å²) in [6.45, 7) is 10.8. The highest BCUT2D eigenvalue weighted by atomic mass is 16.1. The van der Waals surface area contributed by atoms with Gasteiger partial charge in [0.25, 0.3) is 0 Å². The van der Waals surface area contributed by atoms with Crippen molar-refractivity contribution in [1.82, 2.24) is 10.3 Å². The summed E-state index contributed by atoms with van der Waals surface area (Å²) in [5, 5.41) is 4.39. The molecule has 2 rings (SSSR count). The van der Waals surface area contributed by atoms with E-state index in [2.05, 4.69) is 57.1 Å². The monoisotopic (exact) mass is 300 g/mol. The van der Waals surface area contributed by atoms with Gasteiger partial charge in [0.05, 0.1) is 0 Å². The molecule has 120 valence electrons. The Hall–Kier alpha value is -1.77. The minimum atomic E-state index is -0.171. The average Bonchev–Trinajstić information content (AvgIpc) is 2.76. The predicted molar refractivity (Wildman–Crippen MR) is 92.9 cm³/mol. The van der Waals surface area contributed by atoms with Gasteiger partial charge in [-0.2, -0.15) is 0 Å². The van der Waals surface area contributed by atoms with Gasteiger partial charge in [-0.25, -0.2) is 0 Å². The number of hydrogen-bond acceptors (Lipinski definition) is 1. The second-order valence-corrected chi connectivity index (χ2v) is 8.03. The molecule has 0 bridgehead atoms. The van der Waals surface area contributed by atoms with E-state index >= 15 is 0 Å². The lowest BCUT2D eigenvalue weighted by atomic mass is 9.81. The van der Waals surface area contributed by atoms with Gasteiger partial charge in [-0.05, 0) is 43.7 Å². The van der Waals surface area contributed by atoms with Gasteiger partial charge in [0.15, 0.2) is 0 Å². The maximum atomic E-state index is 12.3. The molecular formula is C19H28N2O. The number of hydrogen-bond donors (Lipinski definition) is 2. The average molecular weight is 300 g/mol. The van der Waals surface area contributed by atoms with E-state index in [1.807, 2.05) is 18.3 Å². The number of fused-ring (bicyclic) bond motifs is 1. The first-order valence-electron chi connectivity index (χ1n) is 8.02. The molecule has 1 heterocycles. The Morgan fingerprint density at radius 2 is 1.82 bits per heavy atom. The third-order valence-corrected chi connectivity index (χ3v) is 3.75. The molecule has 2 aromatic rings. The molecule has 0 unspecified atom stereocenters. The number of carbonyl (C=O) groups is 1. The molecular weight excluding hydrogens is 272 g/mol. The first-order chi connectivity index (χ1) is 10.2. The zero-order valence-corrected chi connectivity index (χ0v) is 14.4. The van der Waals surface area contributed by atoms with Crippen molar-refractivity contribution in [3.05, 3.63) is 36.0 Å². The largest absolute Gasteiger partial charge is 0.361 e. The number of para-hydroxylation sites is 1. The van der Waals surface area contributed by atoms with E-state index in [1.165, 1.54) is 10.9 Å². The van der Waals surface area contributed by atoms with Gasteiger partial charge in [0, 0.05) is 29.1 Å². The number of nitrogens with one attached hydrogen (secondary N) is 2. The Kier molecular flexibility index (Phi) is 4.64. The molecule has 2 N–H and O–H groups in total. The predicted octanol–water partition coefficient (Wildman–Crippen LogP) is 4.43. The lowest BCUT2D eigenvalue weighted by molar-refractivity contribution is -0.122. The summed E-state index contributed by atoms with van der Waals surface area (Å²) in [5.74, 6) is 0.125. The SMILES string of the molecule is CC(C)(C)CC(C)(C)NC(=O)CCc1c[nH]c2ccccc12.